The molecule has 0 radical (unpaired) electrons. The second kappa shape index (κ2) is 6.83. The number of hydrogen-bond acceptors (Lipinski definition) is 4. The molecule has 0 atom stereocenters. The Bertz CT molecular complexity index is 825. The average molecular weight is 410 g/mol. The molecule has 124 valence electrons. The molecule has 1 aliphatic heterocycles. The first kappa shape index (κ1) is 16.8. The van der Waals surface area contributed by atoms with Crippen LogP contribution in [-0.4, -0.2) is 25.0 Å². The lowest BCUT2D eigenvalue weighted by molar-refractivity contribution is -0.133. The topological polar surface area (TPSA) is 58.6 Å². The smallest absolute Gasteiger partial charge is 0.331 e. The van der Waals surface area contributed by atoms with Gasteiger partial charge in [-0.2, -0.15) is 0 Å². The first-order valence-corrected chi connectivity index (χ1v) is 8.40. The van der Waals surface area contributed by atoms with E-state index in [1.807, 2.05) is 25.1 Å². The maximum Gasteiger partial charge on any atom is 0.331 e. The molecule has 0 spiro atoms. The molecule has 0 fully saturated rings. The van der Waals surface area contributed by atoms with E-state index in [-0.39, 0.29) is 19.0 Å². The number of nitrogens with one attached hydrogen (secondary N) is 1. The Labute approximate surface area is 152 Å². The van der Waals surface area contributed by atoms with E-state index in [9.17, 15) is 9.59 Å². The molecule has 0 saturated carbocycles. The number of nitrogens with zero attached hydrogens (tertiary/aromatic N) is 1. The van der Waals surface area contributed by atoms with Gasteiger partial charge in [0.2, 0.25) is 5.91 Å². The predicted molar refractivity (Wildman–Crippen MR) is 96.8 cm³/mol. The molecular weight excluding hydrogens is 396 g/mol. The minimum Gasteiger partial charge on any atom is -0.423 e. The third kappa shape index (κ3) is 3.71. The molecule has 0 aromatic heterocycles. The SMILES string of the molecule is Cc1ccc(NC(=O)CN2CC(=O)Oc3ccc(Cl)cc32)cc1Br. The van der Waals surface area contributed by atoms with Crippen LogP contribution in [-0.2, 0) is 9.59 Å². The van der Waals surface area contributed by atoms with Gasteiger partial charge in [-0.25, -0.2) is 4.79 Å². The lowest BCUT2D eigenvalue weighted by Gasteiger charge is -2.29. The van der Waals surface area contributed by atoms with Crippen LogP contribution in [0.3, 0.4) is 0 Å². The molecule has 1 heterocycles. The number of rotatable bonds is 3. The van der Waals surface area contributed by atoms with Gasteiger partial charge in [0.1, 0.15) is 6.54 Å². The van der Waals surface area contributed by atoms with Gasteiger partial charge in [0, 0.05) is 15.2 Å². The number of ether oxygens (including phenoxy) is 1. The van der Waals surface area contributed by atoms with E-state index >= 15 is 0 Å². The highest BCUT2D eigenvalue weighted by Gasteiger charge is 2.26. The normalized spacial score (nSPS) is 13.3. The number of benzene rings is 2. The number of aryl methyl sites for hydroxylation is 1. The number of fused-ring (bicyclic) bond motifs is 1. The molecule has 5 nitrogen and oxygen atoms in total. The molecule has 0 saturated heterocycles. The van der Waals surface area contributed by atoms with Crippen molar-refractivity contribution in [2.24, 2.45) is 0 Å². The van der Waals surface area contributed by atoms with Gasteiger partial charge in [0.05, 0.1) is 12.2 Å². The van der Waals surface area contributed by atoms with Crippen molar-refractivity contribution < 1.29 is 14.3 Å². The van der Waals surface area contributed by atoms with E-state index in [1.165, 1.54) is 0 Å². The van der Waals surface area contributed by atoms with Crippen LogP contribution in [0.2, 0.25) is 5.02 Å². The van der Waals surface area contributed by atoms with E-state index in [0.29, 0.717) is 22.1 Å². The molecule has 0 unspecified atom stereocenters. The van der Waals surface area contributed by atoms with E-state index in [2.05, 4.69) is 21.2 Å². The number of esters is 1. The maximum absolute atomic E-state index is 12.3. The van der Waals surface area contributed by atoms with Crippen LogP contribution in [0.5, 0.6) is 5.75 Å². The van der Waals surface area contributed by atoms with E-state index in [0.717, 1.165) is 10.0 Å². The second-order valence-electron chi connectivity index (χ2n) is 5.45. The third-order valence-corrected chi connectivity index (χ3v) is 4.68. The summed E-state index contributed by atoms with van der Waals surface area (Å²) < 4.78 is 6.08. The van der Waals surface area contributed by atoms with Crippen molar-refractivity contribution in [1.29, 1.82) is 0 Å². The minimum atomic E-state index is -0.407. The van der Waals surface area contributed by atoms with Gasteiger partial charge in [-0.3, -0.25) is 4.79 Å². The van der Waals surface area contributed by atoms with Crippen molar-refractivity contribution >= 4 is 50.8 Å². The third-order valence-electron chi connectivity index (χ3n) is 3.60. The van der Waals surface area contributed by atoms with Gasteiger partial charge in [0.25, 0.3) is 0 Å². The maximum atomic E-state index is 12.3. The summed E-state index contributed by atoms with van der Waals surface area (Å²) in [5.74, 6) is -0.233. The Morgan fingerprint density at radius 1 is 1.33 bits per heavy atom. The largest absolute Gasteiger partial charge is 0.423 e. The molecule has 3 rings (SSSR count). The molecule has 1 aliphatic rings. The number of carbonyl (C=O) groups is 2. The molecular formula is C17H14BrClN2O3. The molecule has 0 bridgehead atoms. The fourth-order valence-electron chi connectivity index (χ4n) is 2.41. The second-order valence-corrected chi connectivity index (χ2v) is 6.75. The Balaban J connectivity index is 1.76. The molecule has 1 N–H and O–H groups in total. The fourth-order valence-corrected chi connectivity index (χ4v) is 2.95. The summed E-state index contributed by atoms with van der Waals surface area (Å²) in [6.45, 7) is 1.99. The van der Waals surface area contributed by atoms with Crippen LogP contribution >= 0.6 is 27.5 Å². The van der Waals surface area contributed by atoms with Crippen LogP contribution in [0.1, 0.15) is 5.56 Å². The zero-order valence-corrected chi connectivity index (χ0v) is 15.1. The monoisotopic (exact) mass is 408 g/mol. The Kier molecular flexibility index (Phi) is 4.78. The highest BCUT2D eigenvalue weighted by Crippen LogP contribution is 2.34. The van der Waals surface area contributed by atoms with Crippen LogP contribution in [0, 0.1) is 6.92 Å². The summed E-state index contributed by atoms with van der Waals surface area (Å²) in [7, 11) is 0. The molecule has 0 aliphatic carbocycles. The van der Waals surface area contributed by atoms with Gasteiger partial charge in [0.15, 0.2) is 5.75 Å². The number of halogens is 2. The van der Waals surface area contributed by atoms with Gasteiger partial charge in [-0.1, -0.05) is 33.6 Å². The van der Waals surface area contributed by atoms with Gasteiger partial charge in [-0.05, 0) is 42.8 Å². The standard InChI is InChI=1S/C17H14BrClN2O3/c1-10-2-4-12(7-13(10)18)20-16(22)8-21-9-17(23)24-15-5-3-11(19)6-14(15)21/h2-7H,8-9H2,1H3,(H,20,22). The summed E-state index contributed by atoms with van der Waals surface area (Å²) in [6.07, 6.45) is 0. The summed E-state index contributed by atoms with van der Waals surface area (Å²) >= 11 is 9.44. The lowest BCUT2D eigenvalue weighted by atomic mass is 10.2. The fraction of sp³-hybridized carbons (Fsp3) is 0.176. The van der Waals surface area contributed by atoms with Crippen LogP contribution in [0.4, 0.5) is 11.4 Å². The van der Waals surface area contributed by atoms with Crippen molar-refractivity contribution in [3.8, 4) is 5.75 Å². The molecule has 7 heteroatoms. The Morgan fingerprint density at radius 3 is 2.88 bits per heavy atom. The summed E-state index contributed by atoms with van der Waals surface area (Å²) in [6, 6.07) is 10.5. The van der Waals surface area contributed by atoms with Crippen LogP contribution < -0.4 is 15.0 Å². The van der Waals surface area contributed by atoms with Crippen LogP contribution in [0.15, 0.2) is 40.9 Å². The number of hydrogen-bond donors (Lipinski definition) is 1. The van der Waals surface area contributed by atoms with E-state index in [4.69, 9.17) is 16.3 Å². The number of anilines is 2. The molecule has 2 aromatic rings. The zero-order valence-electron chi connectivity index (χ0n) is 12.8. The number of amides is 1. The van der Waals surface area contributed by atoms with Crippen molar-refractivity contribution in [2.45, 2.75) is 6.92 Å². The van der Waals surface area contributed by atoms with Crippen molar-refractivity contribution in [3.05, 3.63) is 51.5 Å². The van der Waals surface area contributed by atoms with Gasteiger partial charge < -0.3 is 15.0 Å². The van der Waals surface area contributed by atoms with Crippen molar-refractivity contribution in [3.63, 3.8) is 0 Å². The summed E-state index contributed by atoms with van der Waals surface area (Å²) in [5, 5.41) is 3.34. The average Bonchev–Trinajstić information content (AvgIpc) is 2.51. The molecule has 2 aromatic carbocycles. The van der Waals surface area contributed by atoms with Crippen LogP contribution in [0.25, 0.3) is 0 Å². The van der Waals surface area contributed by atoms with Crippen molar-refractivity contribution in [1.82, 2.24) is 0 Å². The summed E-state index contributed by atoms with van der Waals surface area (Å²) in [5.41, 5.74) is 2.39. The predicted octanol–water partition coefficient (Wildman–Crippen LogP) is 3.78. The van der Waals surface area contributed by atoms with Crippen molar-refractivity contribution in [2.75, 3.05) is 23.3 Å². The van der Waals surface area contributed by atoms with Gasteiger partial charge in [-0.15, -0.1) is 0 Å². The quantitative estimate of drug-likeness (QED) is 0.619. The Morgan fingerprint density at radius 2 is 2.12 bits per heavy atom. The molecule has 1 amide bonds. The zero-order chi connectivity index (χ0) is 17.3. The summed E-state index contributed by atoms with van der Waals surface area (Å²) in [4.78, 5) is 25.7. The molecule has 24 heavy (non-hydrogen) atoms. The van der Waals surface area contributed by atoms with E-state index < -0.39 is 5.97 Å². The highest BCUT2D eigenvalue weighted by atomic mass is 79.9. The lowest BCUT2D eigenvalue weighted by Crippen LogP contribution is -2.41. The minimum absolute atomic E-state index is 0.00163. The Hall–Kier alpha value is -2.05. The first-order valence-electron chi connectivity index (χ1n) is 7.23. The van der Waals surface area contributed by atoms with Gasteiger partial charge >= 0.3 is 5.97 Å². The van der Waals surface area contributed by atoms with E-state index in [1.54, 1.807) is 23.1 Å². The number of carbonyl (C=O) groups excluding carboxylic acids is 2. The highest BCUT2D eigenvalue weighted by molar-refractivity contribution is 9.10. The first-order chi connectivity index (χ1) is 11.4.